The number of benzene rings is 3. The zero-order valence-electron chi connectivity index (χ0n) is 20.9. The molecule has 0 spiro atoms. The van der Waals surface area contributed by atoms with Gasteiger partial charge in [-0.15, -0.1) is 0 Å². The molecule has 1 aromatic heterocycles. The molecule has 0 radical (unpaired) electrons. The summed E-state index contributed by atoms with van der Waals surface area (Å²) in [5, 5.41) is 10.2. The number of furan rings is 1. The van der Waals surface area contributed by atoms with Crippen molar-refractivity contribution in [1.82, 2.24) is 0 Å². The van der Waals surface area contributed by atoms with E-state index in [0.29, 0.717) is 40.7 Å². The maximum absolute atomic E-state index is 10.2. The molecule has 4 aromatic rings. The molecule has 37 heavy (non-hydrogen) atoms. The fourth-order valence-corrected chi connectivity index (χ4v) is 4.47. The Morgan fingerprint density at radius 3 is 2.08 bits per heavy atom. The van der Waals surface area contributed by atoms with Gasteiger partial charge in [0.2, 0.25) is 5.88 Å². The van der Waals surface area contributed by atoms with E-state index in [9.17, 15) is 5.26 Å². The van der Waals surface area contributed by atoms with Crippen LogP contribution >= 0.6 is 15.9 Å². The van der Waals surface area contributed by atoms with Gasteiger partial charge in [0.15, 0.2) is 11.5 Å². The first-order chi connectivity index (χ1) is 18.0. The summed E-state index contributed by atoms with van der Waals surface area (Å²) < 4.78 is 28.7. The summed E-state index contributed by atoms with van der Waals surface area (Å²) in [6.07, 6.45) is 1.63. The van der Waals surface area contributed by atoms with Crippen LogP contribution in [0.5, 0.6) is 23.0 Å². The van der Waals surface area contributed by atoms with Crippen molar-refractivity contribution in [1.29, 1.82) is 5.26 Å². The Hall–Kier alpha value is -4.22. The van der Waals surface area contributed by atoms with Crippen LogP contribution in [0, 0.1) is 11.3 Å². The van der Waals surface area contributed by atoms with Crippen LogP contribution in [0.15, 0.2) is 74.5 Å². The van der Waals surface area contributed by atoms with E-state index in [4.69, 9.17) is 23.4 Å². The highest BCUT2D eigenvalue weighted by molar-refractivity contribution is 9.10. The normalized spacial score (nSPS) is 10.8. The van der Waals surface area contributed by atoms with E-state index in [-0.39, 0.29) is 5.88 Å². The molecule has 8 heteroatoms. The second-order valence-corrected chi connectivity index (χ2v) is 8.63. The molecule has 7 nitrogen and oxygen atoms in total. The van der Waals surface area contributed by atoms with Gasteiger partial charge in [-0.1, -0.05) is 12.1 Å². The molecule has 0 fully saturated rings. The van der Waals surface area contributed by atoms with Crippen LogP contribution in [0.25, 0.3) is 22.5 Å². The Balaban J connectivity index is 1.84. The van der Waals surface area contributed by atoms with Gasteiger partial charge in [0.05, 0.1) is 32.4 Å². The van der Waals surface area contributed by atoms with Crippen molar-refractivity contribution in [3.8, 4) is 51.5 Å². The van der Waals surface area contributed by atoms with E-state index in [1.54, 1.807) is 27.5 Å². The monoisotopic (exact) mass is 560 g/mol. The summed E-state index contributed by atoms with van der Waals surface area (Å²) in [4.78, 5) is 4.56. The average Bonchev–Trinajstić information content (AvgIpc) is 3.30. The predicted octanol–water partition coefficient (Wildman–Crippen LogP) is 7.42. The molecule has 0 aliphatic carbocycles. The van der Waals surface area contributed by atoms with Crippen LogP contribution in [0.2, 0.25) is 0 Å². The molecule has 0 saturated carbocycles. The van der Waals surface area contributed by atoms with Gasteiger partial charge in [-0.3, -0.25) is 0 Å². The number of hydrogen-bond donors (Lipinski definition) is 0. The molecule has 0 unspecified atom stereocenters. The van der Waals surface area contributed by atoms with Gasteiger partial charge in [-0.05, 0) is 82.5 Å². The van der Waals surface area contributed by atoms with Crippen molar-refractivity contribution >= 4 is 28.0 Å². The Kier molecular flexibility index (Phi) is 8.16. The lowest BCUT2D eigenvalue weighted by Crippen LogP contribution is -1.97. The molecule has 4 rings (SSSR count). The SMILES string of the molecule is CCOc1cc(C=Nc2oc(-c3ccc(OC)cc3)c(-c3ccc(OC)cc3)c2C#N)cc(Br)c1OC. The zero-order chi connectivity index (χ0) is 26.4. The van der Waals surface area contributed by atoms with Crippen molar-refractivity contribution in [3.05, 3.63) is 76.3 Å². The molecule has 0 aliphatic rings. The smallest absolute Gasteiger partial charge is 0.238 e. The van der Waals surface area contributed by atoms with Crippen LogP contribution in [-0.2, 0) is 0 Å². The largest absolute Gasteiger partial charge is 0.497 e. The minimum Gasteiger partial charge on any atom is -0.497 e. The fourth-order valence-electron chi connectivity index (χ4n) is 3.85. The number of ether oxygens (including phenoxy) is 4. The van der Waals surface area contributed by atoms with Gasteiger partial charge in [0, 0.05) is 17.3 Å². The second kappa shape index (κ2) is 11.7. The molecule has 1 heterocycles. The summed E-state index contributed by atoms with van der Waals surface area (Å²) in [6, 6.07) is 20.9. The highest BCUT2D eigenvalue weighted by atomic mass is 79.9. The standard InChI is InChI=1S/C29H25BrN2O5/c1-5-36-25-15-18(14-24(30)28(25)35-4)17-32-29-23(16-31)26(19-6-10-21(33-2)11-7-19)27(37-29)20-8-12-22(34-3)13-9-20/h6-15,17H,5H2,1-4H3. The van der Waals surface area contributed by atoms with Crippen molar-refractivity contribution in [2.75, 3.05) is 27.9 Å². The maximum Gasteiger partial charge on any atom is 0.238 e. The topological polar surface area (TPSA) is 86.2 Å². The minimum absolute atomic E-state index is 0.198. The minimum atomic E-state index is 0.198. The molecule has 0 N–H and O–H groups in total. The lowest BCUT2D eigenvalue weighted by molar-refractivity contribution is 0.310. The molecule has 188 valence electrons. The summed E-state index contributed by atoms with van der Waals surface area (Å²) in [6.45, 7) is 2.38. The number of nitriles is 1. The third-order valence-electron chi connectivity index (χ3n) is 5.60. The number of halogens is 1. The molecule has 0 bridgehead atoms. The highest BCUT2D eigenvalue weighted by Gasteiger charge is 2.23. The summed E-state index contributed by atoms with van der Waals surface area (Å²) >= 11 is 3.52. The molecule has 0 aliphatic heterocycles. The van der Waals surface area contributed by atoms with Gasteiger partial charge < -0.3 is 23.4 Å². The number of nitrogens with zero attached hydrogens (tertiary/aromatic N) is 2. The van der Waals surface area contributed by atoms with Gasteiger partial charge in [-0.2, -0.15) is 5.26 Å². The van der Waals surface area contributed by atoms with Gasteiger partial charge >= 0.3 is 0 Å². The Labute approximate surface area is 224 Å². The van der Waals surface area contributed by atoms with Crippen molar-refractivity contribution < 1.29 is 23.4 Å². The van der Waals surface area contributed by atoms with Crippen molar-refractivity contribution in [2.45, 2.75) is 6.92 Å². The quantitative estimate of drug-likeness (QED) is 0.198. The molecule has 0 amide bonds. The maximum atomic E-state index is 10.2. The molecule has 3 aromatic carbocycles. The lowest BCUT2D eigenvalue weighted by Gasteiger charge is -2.11. The summed E-state index contributed by atoms with van der Waals surface area (Å²) in [5.41, 5.74) is 3.31. The second-order valence-electron chi connectivity index (χ2n) is 7.78. The van der Waals surface area contributed by atoms with Crippen molar-refractivity contribution in [3.63, 3.8) is 0 Å². The molecule has 0 saturated heterocycles. The number of methoxy groups -OCH3 is 3. The van der Waals surface area contributed by atoms with Gasteiger partial charge in [0.25, 0.3) is 0 Å². The van der Waals surface area contributed by atoms with E-state index in [1.807, 2.05) is 67.6 Å². The van der Waals surface area contributed by atoms with Crippen LogP contribution in [-0.4, -0.2) is 34.2 Å². The van der Waals surface area contributed by atoms with Crippen LogP contribution < -0.4 is 18.9 Å². The molecular formula is C29H25BrN2O5. The van der Waals surface area contributed by atoms with E-state index >= 15 is 0 Å². The zero-order valence-corrected chi connectivity index (χ0v) is 22.5. The third kappa shape index (κ3) is 5.47. The first kappa shape index (κ1) is 25.9. The van der Waals surface area contributed by atoms with Crippen LogP contribution in [0.3, 0.4) is 0 Å². The average molecular weight is 561 g/mol. The molecular weight excluding hydrogens is 536 g/mol. The fraction of sp³-hybridized carbons (Fsp3) is 0.172. The van der Waals surface area contributed by atoms with E-state index < -0.39 is 0 Å². The van der Waals surface area contributed by atoms with Gasteiger partial charge in [0.1, 0.15) is 28.9 Å². The van der Waals surface area contributed by atoms with Crippen molar-refractivity contribution in [2.24, 2.45) is 4.99 Å². The Bertz CT molecular complexity index is 1450. The predicted molar refractivity (Wildman–Crippen MR) is 147 cm³/mol. The van der Waals surface area contributed by atoms with E-state index in [0.717, 1.165) is 26.9 Å². The highest BCUT2D eigenvalue weighted by Crippen LogP contribution is 2.43. The molecule has 0 atom stereocenters. The summed E-state index contributed by atoms with van der Waals surface area (Å²) in [7, 11) is 4.80. The van der Waals surface area contributed by atoms with Crippen LogP contribution in [0.4, 0.5) is 5.88 Å². The first-order valence-corrected chi connectivity index (χ1v) is 12.2. The van der Waals surface area contributed by atoms with Crippen LogP contribution in [0.1, 0.15) is 18.1 Å². The van der Waals surface area contributed by atoms with E-state index in [2.05, 4.69) is 27.0 Å². The van der Waals surface area contributed by atoms with E-state index in [1.165, 1.54) is 0 Å². The lowest BCUT2D eigenvalue weighted by atomic mass is 9.98. The number of rotatable bonds is 9. The first-order valence-electron chi connectivity index (χ1n) is 11.4. The van der Waals surface area contributed by atoms with Gasteiger partial charge in [-0.25, -0.2) is 4.99 Å². The number of hydrogen-bond acceptors (Lipinski definition) is 7. The summed E-state index contributed by atoms with van der Waals surface area (Å²) in [5.74, 6) is 3.34. The number of aliphatic imine (C=N–C) groups is 1. The third-order valence-corrected chi connectivity index (χ3v) is 6.19. The Morgan fingerprint density at radius 2 is 1.54 bits per heavy atom. The Morgan fingerprint density at radius 1 is 0.919 bits per heavy atom.